The van der Waals surface area contributed by atoms with Crippen LogP contribution in [0.1, 0.15) is 31.2 Å². The maximum absolute atomic E-state index is 12.9. The lowest BCUT2D eigenvalue weighted by Gasteiger charge is -2.27. The fourth-order valence-corrected chi connectivity index (χ4v) is 4.71. The van der Waals surface area contributed by atoms with Gasteiger partial charge >= 0.3 is 0 Å². The summed E-state index contributed by atoms with van der Waals surface area (Å²) < 4.78 is 27.3. The van der Waals surface area contributed by atoms with Gasteiger partial charge < -0.3 is 5.73 Å². The molecule has 0 saturated heterocycles. The van der Waals surface area contributed by atoms with Gasteiger partial charge in [0.15, 0.2) is 0 Å². The summed E-state index contributed by atoms with van der Waals surface area (Å²) in [7, 11) is -3.49. The predicted octanol–water partition coefficient (Wildman–Crippen LogP) is 2.70. The number of hydrogen-bond acceptors (Lipinski definition) is 3. The number of nitrogens with zero attached hydrogens (tertiary/aromatic N) is 1. The normalized spacial score (nSPS) is 16.7. The number of rotatable bonds is 5. The lowest BCUT2D eigenvalue weighted by atomic mass is 10.2. The second-order valence-corrected chi connectivity index (χ2v) is 7.19. The van der Waals surface area contributed by atoms with E-state index in [0.717, 1.165) is 25.7 Å². The summed E-state index contributed by atoms with van der Waals surface area (Å²) in [6, 6.07) is 5.04. The van der Waals surface area contributed by atoms with Gasteiger partial charge in [-0.3, -0.25) is 0 Å². The zero-order chi connectivity index (χ0) is 14.8. The molecule has 1 aliphatic carbocycles. The Labute approximate surface area is 121 Å². The van der Waals surface area contributed by atoms with Crippen LogP contribution in [0, 0.1) is 6.92 Å². The van der Waals surface area contributed by atoms with Crippen molar-refractivity contribution in [2.75, 3.05) is 12.3 Å². The van der Waals surface area contributed by atoms with E-state index in [2.05, 4.69) is 6.58 Å². The Hall–Kier alpha value is -1.33. The van der Waals surface area contributed by atoms with Gasteiger partial charge in [-0.05, 0) is 43.5 Å². The van der Waals surface area contributed by atoms with Gasteiger partial charge in [0.2, 0.25) is 10.0 Å². The van der Waals surface area contributed by atoms with Gasteiger partial charge in [-0.25, -0.2) is 8.42 Å². The highest BCUT2D eigenvalue weighted by Gasteiger charge is 2.33. The Morgan fingerprint density at radius 2 is 2.05 bits per heavy atom. The van der Waals surface area contributed by atoms with E-state index < -0.39 is 10.0 Å². The first-order chi connectivity index (χ1) is 9.46. The summed E-state index contributed by atoms with van der Waals surface area (Å²) in [5, 5.41) is 0. The van der Waals surface area contributed by atoms with Gasteiger partial charge in [0.05, 0.1) is 4.90 Å². The van der Waals surface area contributed by atoms with Crippen LogP contribution in [-0.2, 0) is 10.0 Å². The van der Waals surface area contributed by atoms with Gasteiger partial charge in [0, 0.05) is 18.3 Å². The van der Waals surface area contributed by atoms with Crippen molar-refractivity contribution in [1.82, 2.24) is 4.31 Å². The quantitative estimate of drug-likeness (QED) is 0.671. The lowest BCUT2D eigenvalue weighted by molar-refractivity contribution is 0.347. The van der Waals surface area contributed by atoms with E-state index >= 15 is 0 Å². The molecule has 1 aliphatic rings. The Bertz CT molecular complexity index is 590. The molecule has 0 amide bonds. The molecule has 0 spiro atoms. The first kappa shape index (κ1) is 15.1. The highest BCUT2D eigenvalue weighted by atomic mass is 32.2. The Morgan fingerprint density at radius 3 is 2.60 bits per heavy atom. The molecule has 20 heavy (non-hydrogen) atoms. The summed E-state index contributed by atoms with van der Waals surface area (Å²) in [6.45, 7) is 5.83. The van der Waals surface area contributed by atoms with E-state index in [4.69, 9.17) is 5.73 Å². The SMILES string of the molecule is C=CCN(C1CCCC1)S(=O)(=O)c1ccc(N)cc1C. The molecule has 4 nitrogen and oxygen atoms in total. The number of aryl methyl sites for hydroxylation is 1. The number of benzene rings is 1. The smallest absolute Gasteiger partial charge is 0.243 e. The maximum Gasteiger partial charge on any atom is 0.243 e. The zero-order valence-electron chi connectivity index (χ0n) is 11.9. The third-order valence-electron chi connectivity index (χ3n) is 3.83. The topological polar surface area (TPSA) is 63.4 Å². The molecule has 110 valence electrons. The average Bonchev–Trinajstić information content (AvgIpc) is 2.88. The van der Waals surface area contributed by atoms with Crippen LogP contribution >= 0.6 is 0 Å². The minimum absolute atomic E-state index is 0.0925. The van der Waals surface area contributed by atoms with E-state index in [1.165, 1.54) is 0 Å². The summed E-state index contributed by atoms with van der Waals surface area (Å²) in [5.74, 6) is 0. The van der Waals surface area contributed by atoms with Crippen LogP contribution < -0.4 is 5.73 Å². The molecule has 2 N–H and O–H groups in total. The van der Waals surface area contributed by atoms with Crippen molar-refractivity contribution in [3.05, 3.63) is 36.4 Å². The third-order valence-corrected chi connectivity index (χ3v) is 5.91. The number of sulfonamides is 1. The molecule has 2 rings (SSSR count). The summed E-state index contributed by atoms with van der Waals surface area (Å²) in [6.07, 6.45) is 5.70. The molecule has 0 heterocycles. The molecule has 0 atom stereocenters. The van der Waals surface area contributed by atoms with Crippen molar-refractivity contribution >= 4 is 15.7 Å². The van der Waals surface area contributed by atoms with Crippen LogP contribution in [0.15, 0.2) is 35.7 Å². The van der Waals surface area contributed by atoms with Crippen LogP contribution in [0.3, 0.4) is 0 Å². The molecule has 0 radical (unpaired) electrons. The Kier molecular flexibility index (Phi) is 4.50. The maximum atomic E-state index is 12.9. The molecular formula is C15H22N2O2S. The van der Waals surface area contributed by atoms with Crippen LogP contribution in [0.4, 0.5) is 5.69 Å². The third kappa shape index (κ3) is 2.88. The van der Waals surface area contributed by atoms with Gasteiger partial charge in [-0.15, -0.1) is 6.58 Å². The van der Waals surface area contributed by atoms with Crippen LogP contribution in [0.2, 0.25) is 0 Å². The number of nitrogens with two attached hydrogens (primary N) is 1. The fourth-order valence-electron chi connectivity index (χ4n) is 2.85. The Balaban J connectivity index is 2.41. The van der Waals surface area contributed by atoms with Gasteiger partial charge in [-0.1, -0.05) is 18.9 Å². The molecular weight excluding hydrogens is 272 g/mol. The number of nitrogen functional groups attached to an aromatic ring is 1. The second kappa shape index (κ2) is 5.97. The van der Waals surface area contributed by atoms with E-state index in [9.17, 15) is 8.42 Å². The zero-order valence-corrected chi connectivity index (χ0v) is 12.7. The van der Waals surface area contributed by atoms with Gasteiger partial charge in [0.25, 0.3) is 0 Å². The van der Waals surface area contributed by atoms with Crippen molar-refractivity contribution in [3.8, 4) is 0 Å². The lowest BCUT2D eigenvalue weighted by Crippen LogP contribution is -2.39. The van der Waals surface area contributed by atoms with Crippen LogP contribution in [0.25, 0.3) is 0 Å². The number of hydrogen-bond donors (Lipinski definition) is 1. The first-order valence-corrected chi connectivity index (χ1v) is 8.39. The number of anilines is 1. The fraction of sp³-hybridized carbons (Fsp3) is 0.467. The molecule has 1 aromatic rings. The average molecular weight is 294 g/mol. The highest BCUT2D eigenvalue weighted by molar-refractivity contribution is 7.89. The standard InChI is InChI=1S/C15H22N2O2S/c1-3-10-17(14-6-4-5-7-14)20(18,19)15-9-8-13(16)11-12(15)2/h3,8-9,11,14H,1,4-7,10,16H2,2H3. The molecule has 1 fully saturated rings. The first-order valence-electron chi connectivity index (χ1n) is 6.95. The van der Waals surface area contributed by atoms with E-state index in [1.807, 2.05) is 0 Å². The van der Waals surface area contributed by atoms with Crippen molar-refractivity contribution in [1.29, 1.82) is 0 Å². The summed E-state index contributed by atoms with van der Waals surface area (Å²) in [4.78, 5) is 0.348. The van der Waals surface area contributed by atoms with Crippen molar-refractivity contribution in [2.45, 2.75) is 43.5 Å². The van der Waals surface area contributed by atoms with E-state index in [-0.39, 0.29) is 6.04 Å². The second-order valence-electron chi connectivity index (χ2n) is 5.33. The molecule has 0 aliphatic heterocycles. The van der Waals surface area contributed by atoms with Crippen LogP contribution in [-0.4, -0.2) is 25.3 Å². The van der Waals surface area contributed by atoms with Crippen molar-refractivity contribution in [3.63, 3.8) is 0 Å². The molecule has 0 bridgehead atoms. The predicted molar refractivity (Wildman–Crippen MR) is 81.9 cm³/mol. The van der Waals surface area contributed by atoms with E-state index in [0.29, 0.717) is 22.7 Å². The van der Waals surface area contributed by atoms with Crippen molar-refractivity contribution in [2.24, 2.45) is 0 Å². The minimum atomic E-state index is -3.49. The molecule has 1 saturated carbocycles. The van der Waals surface area contributed by atoms with E-state index in [1.54, 1.807) is 35.5 Å². The minimum Gasteiger partial charge on any atom is -0.399 e. The van der Waals surface area contributed by atoms with Gasteiger partial charge in [0.1, 0.15) is 0 Å². The van der Waals surface area contributed by atoms with Crippen LogP contribution in [0.5, 0.6) is 0 Å². The molecule has 0 unspecified atom stereocenters. The van der Waals surface area contributed by atoms with Crippen molar-refractivity contribution < 1.29 is 8.42 Å². The summed E-state index contributed by atoms with van der Waals surface area (Å²) >= 11 is 0. The molecule has 0 aromatic heterocycles. The highest BCUT2D eigenvalue weighted by Crippen LogP contribution is 2.30. The molecule has 1 aromatic carbocycles. The molecule has 5 heteroatoms. The monoisotopic (exact) mass is 294 g/mol. The summed E-state index contributed by atoms with van der Waals surface area (Å²) in [5.41, 5.74) is 6.98. The largest absolute Gasteiger partial charge is 0.399 e. The van der Waals surface area contributed by atoms with Gasteiger partial charge in [-0.2, -0.15) is 4.31 Å². The Morgan fingerprint density at radius 1 is 1.40 bits per heavy atom.